The van der Waals surface area contributed by atoms with Gasteiger partial charge >= 0.3 is 0 Å². The van der Waals surface area contributed by atoms with Gasteiger partial charge in [-0.2, -0.15) is 4.31 Å². The largest absolute Gasteiger partial charge is 0.344 e. The summed E-state index contributed by atoms with van der Waals surface area (Å²) in [6.45, 7) is 5.14. The van der Waals surface area contributed by atoms with Gasteiger partial charge in [-0.1, -0.05) is 19.9 Å². The first-order chi connectivity index (χ1) is 17.0. The van der Waals surface area contributed by atoms with Gasteiger partial charge in [0.1, 0.15) is 6.04 Å². The van der Waals surface area contributed by atoms with E-state index in [0.717, 1.165) is 10.00 Å². The van der Waals surface area contributed by atoms with Crippen LogP contribution in [0.2, 0.25) is 0 Å². The highest BCUT2D eigenvalue weighted by Gasteiger charge is 2.38. The lowest BCUT2D eigenvalue weighted by molar-refractivity contribution is -0.129. The molecule has 11 nitrogen and oxygen atoms in total. The van der Waals surface area contributed by atoms with Gasteiger partial charge in [-0.15, -0.1) is 0 Å². The predicted molar refractivity (Wildman–Crippen MR) is 133 cm³/mol. The normalized spacial score (nSPS) is 20.0. The van der Waals surface area contributed by atoms with Crippen LogP contribution in [0.5, 0.6) is 0 Å². The van der Waals surface area contributed by atoms with E-state index in [0.29, 0.717) is 18.4 Å². The minimum Gasteiger partial charge on any atom is -0.344 e. The average molecular weight is 518 g/mol. The number of rotatable bonds is 7. The van der Waals surface area contributed by atoms with Gasteiger partial charge in [0.15, 0.2) is 11.6 Å². The number of aromatic nitrogens is 1. The van der Waals surface area contributed by atoms with E-state index in [-0.39, 0.29) is 25.3 Å². The van der Waals surface area contributed by atoms with Crippen molar-refractivity contribution in [3.63, 3.8) is 0 Å². The molecule has 0 aromatic carbocycles. The summed E-state index contributed by atoms with van der Waals surface area (Å²) in [6.07, 6.45) is 4.93. The molecule has 12 heteroatoms. The molecule has 2 atom stereocenters. The first-order valence-electron chi connectivity index (χ1n) is 11.8. The highest BCUT2D eigenvalue weighted by molar-refractivity contribution is 8.06. The van der Waals surface area contributed by atoms with Gasteiger partial charge in [0.05, 0.1) is 18.2 Å². The van der Waals surface area contributed by atoms with Gasteiger partial charge in [0.25, 0.3) is 15.9 Å². The quantitative estimate of drug-likeness (QED) is 0.544. The van der Waals surface area contributed by atoms with Crippen molar-refractivity contribution in [2.24, 2.45) is 10.9 Å². The van der Waals surface area contributed by atoms with E-state index in [2.05, 4.69) is 20.6 Å². The number of carbonyl (C=O) groups is 4. The van der Waals surface area contributed by atoms with Crippen molar-refractivity contribution >= 4 is 38.4 Å². The molecule has 2 aliphatic rings. The van der Waals surface area contributed by atoms with Gasteiger partial charge in [0.2, 0.25) is 11.0 Å². The van der Waals surface area contributed by atoms with Gasteiger partial charge in [-0.3, -0.25) is 24.2 Å². The number of aryl methyl sites for hydroxylation is 1. The van der Waals surface area contributed by atoms with Crippen molar-refractivity contribution in [2.75, 3.05) is 13.1 Å². The number of hydrogen-bond acceptors (Lipinski definition) is 8. The van der Waals surface area contributed by atoms with E-state index >= 15 is 0 Å². The van der Waals surface area contributed by atoms with E-state index in [4.69, 9.17) is 0 Å². The molecule has 0 bridgehead atoms. The third-order valence-electron chi connectivity index (χ3n) is 5.86. The first-order valence-corrected chi connectivity index (χ1v) is 13.3. The predicted octanol–water partition coefficient (Wildman–Crippen LogP) is 0.899. The van der Waals surface area contributed by atoms with E-state index in [1.54, 1.807) is 19.1 Å². The molecule has 1 aromatic rings. The zero-order chi connectivity index (χ0) is 26.5. The monoisotopic (exact) mass is 517 g/mol. The van der Waals surface area contributed by atoms with Crippen LogP contribution in [-0.4, -0.2) is 71.3 Å². The number of sulfonamides is 1. The zero-order valence-electron chi connectivity index (χ0n) is 20.6. The lowest BCUT2D eigenvalue weighted by Gasteiger charge is -2.23. The average Bonchev–Trinajstić information content (AvgIpc) is 3.00. The van der Waals surface area contributed by atoms with E-state index < -0.39 is 57.1 Å². The van der Waals surface area contributed by atoms with Crippen LogP contribution in [0.1, 0.15) is 55.6 Å². The summed E-state index contributed by atoms with van der Waals surface area (Å²) < 4.78 is 26.8. The van der Waals surface area contributed by atoms with Crippen molar-refractivity contribution in [3.8, 4) is 0 Å². The number of carbonyl (C=O) groups excluding carboxylic acids is 4. The summed E-state index contributed by atoms with van der Waals surface area (Å²) in [6, 6.07) is 1.49. The summed E-state index contributed by atoms with van der Waals surface area (Å²) in [5.41, 5.74) is 1.06. The molecule has 0 spiro atoms. The van der Waals surface area contributed by atoms with Crippen LogP contribution in [0, 0.1) is 12.8 Å². The standard InChI is InChI=1S/C24H31N5O6S/c1-15(2)12-19(28-22(32)17-9-8-16(3)26-13-17)23(33)27-18-6-5-11-29(14-21(18)31)36(34,35)24-20(30)7-4-10-25-24/h4,8-10,13,15,18-19H,5-7,11-12,14H2,1-3H3,(H,27,33)(H,28,32)/t18-,19?/m0/s1. The summed E-state index contributed by atoms with van der Waals surface area (Å²) in [5.74, 6) is -2.04. The highest BCUT2D eigenvalue weighted by atomic mass is 32.2. The van der Waals surface area contributed by atoms with Crippen LogP contribution in [-0.2, 0) is 24.4 Å². The SMILES string of the molecule is Cc1ccc(C(=O)NC(CC(C)C)C(=O)N[C@H]2CCCN(S(=O)(=O)C3=NC=CCC3=O)CC2=O)cn1. The molecular formula is C24H31N5O6S. The van der Waals surface area contributed by atoms with Crippen molar-refractivity contribution in [3.05, 3.63) is 41.9 Å². The maximum atomic E-state index is 13.1. The summed E-state index contributed by atoms with van der Waals surface area (Å²) in [7, 11) is -4.24. The minimum absolute atomic E-state index is 0.0169. The number of hydrogen-bond donors (Lipinski definition) is 2. The molecule has 194 valence electrons. The Morgan fingerprint density at radius 1 is 1.22 bits per heavy atom. The fourth-order valence-corrected chi connectivity index (χ4v) is 5.42. The first kappa shape index (κ1) is 27.3. The maximum Gasteiger partial charge on any atom is 0.264 e. The Labute approximate surface area is 210 Å². The third kappa shape index (κ3) is 6.70. The van der Waals surface area contributed by atoms with Crippen LogP contribution < -0.4 is 10.6 Å². The van der Waals surface area contributed by atoms with Crippen LogP contribution in [0.25, 0.3) is 0 Å². The summed E-state index contributed by atoms with van der Waals surface area (Å²) in [4.78, 5) is 58.6. The Morgan fingerprint density at radius 3 is 2.61 bits per heavy atom. The van der Waals surface area contributed by atoms with Gasteiger partial charge in [-0.25, -0.2) is 13.4 Å². The topological polar surface area (TPSA) is 155 Å². The Bertz CT molecular complexity index is 1190. The lowest BCUT2D eigenvalue weighted by atomic mass is 10.0. The second kappa shape index (κ2) is 11.7. The number of nitrogens with one attached hydrogen (secondary N) is 2. The van der Waals surface area contributed by atoms with Crippen molar-refractivity contribution in [2.45, 2.75) is 58.5 Å². The summed E-state index contributed by atoms with van der Waals surface area (Å²) in [5, 5.41) is 4.83. The number of Topliss-reactive ketones (excluding diaryl/α,β-unsaturated/α-hetero) is 2. The molecule has 1 unspecified atom stereocenters. The van der Waals surface area contributed by atoms with E-state index in [1.807, 2.05) is 13.8 Å². The molecule has 0 saturated carbocycles. The second-order valence-corrected chi connectivity index (χ2v) is 11.2. The fraction of sp³-hybridized carbons (Fsp3) is 0.500. The molecule has 1 aromatic heterocycles. The van der Waals surface area contributed by atoms with Gasteiger partial charge in [0, 0.05) is 31.1 Å². The molecule has 3 rings (SSSR count). The van der Waals surface area contributed by atoms with E-state index in [9.17, 15) is 27.6 Å². The Balaban J connectivity index is 1.69. The molecule has 3 heterocycles. The Kier molecular flexibility index (Phi) is 8.85. The zero-order valence-corrected chi connectivity index (χ0v) is 21.4. The number of pyridine rings is 1. The molecular weight excluding hydrogens is 486 g/mol. The van der Waals surface area contributed by atoms with Crippen molar-refractivity contribution < 1.29 is 27.6 Å². The fourth-order valence-electron chi connectivity index (χ4n) is 3.94. The molecule has 2 amide bonds. The molecule has 2 N–H and O–H groups in total. The number of allylic oxidation sites excluding steroid dienone is 1. The molecule has 0 radical (unpaired) electrons. The molecule has 2 aliphatic heterocycles. The Hall–Kier alpha value is -3.25. The minimum atomic E-state index is -4.24. The van der Waals surface area contributed by atoms with Crippen LogP contribution in [0.4, 0.5) is 0 Å². The molecule has 0 aliphatic carbocycles. The number of ketones is 2. The Morgan fingerprint density at radius 2 is 1.97 bits per heavy atom. The number of nitrogens with zero attached hydrogens (tertiary/aromatic N) is 3. The highest BCUT2D eigenvalue weighted by Crippen LogP contribution is 2.17. The molecule has 1 saturated heterocycles. The number of aliphatic imine (C=N–C) groups is 1. The maximum absolute atomic E-state index is 13.1. The van der Waals surface area contributed by atoms with Gasteiger partial charge < -0.3 is 10.6 Å². The van der Waals surface area contributed by atoms with Crippen molar-refractivity contribution in [1.29, 1.82) is 0 Å². The van der Waals surface area contributed by atoms with Crippen LogP contribution in [0.15, 0.2) is 35.6 Å². The third-order valence-corrected chi connectivity index (χ3v) is 7.68. The smallest absolute Gasteiger partial charge is 0.264 e. The molecule has 1 fully saturated rings. The second-order valence-electron chi connectivity index (χ2n) is 9.30. The van der Waals surface area contributed by atoms with Crippen LogP contribution >= 0.6 is 0 Å². The van der Waals surface area contributed by atoms with Crippen molar-refractivity contribution in [1.82, 2.24) is 19.9 Å². The number of amides is 2. The molecule has 36 heavy (non-hydrogen) atoms. The lowest BCUT2D eigenvalue weighted by Crippen LogP contribution is -2.53. The van der Waals surface area contributed by atoms with Crippen LogP contribution in [0.3, 0.4) is 0 Å². The van der Waals surface area contributed by atoms with Gasteiger partial charge in [-0.05, 0) is 44.2 Å². The van der Waals surface area contributed by atoms with E-state index in [1.165, 1.54) is 18.5 Å². The summed E-state index contributed by atoms with van der Waals surface area (Å²) >= 11 is 0.